The minimum atomic E-state index is -4.53. The summed E-state index contributed by atoms with van der Waals surface area (Å²) in [6.45, 7) is 4.29. The van der Waals surface area contributed by atoms with Gasteiger partial charge < -0.3 is 14.3 Å². The molecule has 0 aliphatic heterocycles. The van der Waals surface area contributed by atoms with Gasteiger partial charge in [0.2, 0.25) is 5.91 Å². The highest BCUT2D eigenvalue weighted by molar-refractivity contribution is 7.99. The van der Waals surface area contributed by atoms with Gasteiger partial charge in [-0.1, -0.05) is 23.4 Å². The zero-order chi connectivity index (χ0) is 21.2. The topological polar surface area (TPSA) is 73.0 Å². The third kappa shape index (κ3) is 4.76. The van der Waals surface area contributed by atoms with Gasteiger partial charge in [-0.2, -0.15) is 13.2 Å². The summed E-state index contributed by atoms with van der Waals surface area (Å²) in [5.41, 5.74) is -0.194. The molecule has 0 atom stereocenters. The second-order valence-electron chi connectivity index (χ2n) is 5.97. The van der Waals surface area contributed by atoms with Crippen LogP contribution in [0.15, 0.2) is 40.1 Å². The molecule has 0 aliphatic rings. The Morgan fingerprint density at radius 3 is 2.69 bits per heavy atom. The molecule has 2 aromatic heterocycles. The fourth-order valence-electron chi connectivity index (χ4n) is 2.61. The molecule has 0 saturated carbocycles. The van der Waals surface area contributed by atoms with Crippen molar-refractivity contribution in [2.45, 2.75) is 31.7 Å². The fraction of sp³-hybridized carbons (Fsp3) is 0.278. The molecule has 0 aliphatic carbocycles. The molecule has 29 heavy (non-hydrogen) atoms. The van der Waals surface area contributed by atoms with Crippen LogP contribution in [0, 0.1) is 6.92 Å². The summed E-state index contributed by atoms with van der Waals surface area (Å²) < 4.78 is 45.7. The van der Waals surface area contributed by atoms with Gasteiger partial charge in [-0.05, 0) is 38.1 Å². The number of aromatic nitrogens is 3. The summed E-state index contributed by atoms with van der Waals surface area (Å²) in [6.07, 6.45) is -2.98. The zero-order valence-electron chi connectivity index (χ0n) is 15.4. The maximum absolute atomic E-state index is 12.9. The number of benzene rings is 1. The molecule has 0 saturated heterocycles. The predicted octanol–water partition coefficient (Wildman–Crippen LogP) is 5.27. The average molecular weight is 445 g/mol. The van der Waals surface area contributed by atoms with Crippen LogP contribution < -0.4 is 5.32 Å². The van der Waals surface area contributed by atoms with Gasteiger partial charge in [-0.3, -0.25) is 4.79 Å². The Morgan fingerprint density at radius 1 is 1.31 bits per heavy atom. The molecule has 0 unspecified atom stereocenters. The van der Waals surface area contributed by atoms with Gasteiger partial charge in [0, 0.05) is 6.54 Å². The molecule has 0 spiro atoms. The third-order valence-corrected chi connectivity index (χ3v) is 5.33. The standard InChI is InChI=1S/C18H16ClF3N4O2S/c1-3-26-16(12-6-7-28-10(12)2)24-25-17(26)29-9-15(27)23-14-8-11(18(20,21)22)4-5-13(14)19/h4-8H,3,9H2,1-2H3,(H,23,27). The molecule has 0 fully saturated rings. The first kappa shape index (κ1) is 21.3. The first-order valence-electron chi connectivity index (χ1n) is 8.47. The Morgan fingerprint density at radius 2 is 2.07 bits per heavy atom. The van der Waals surface area contributed by atoms with Crippen LogP contribution in [0.1, 0.15) is 18.2 Å². The molecule has 1 N–H and O–H groups in total. The van der Waals surface area contributed by atoms with Crippen LogP contribution in [-0.2, 0) is 17.5 Å². The zero-order valence-corrected chi connectivity index (χ0v) is 17.0. The normalized spacial score (nSPS) is 11.7. The largest absolute Gasteiger partial charge is 0.469 e. The summed E-state index contributed by atoms with van der Waals surface area (Å²) >= 11 is 7.03. The number of carbonyl (C=O) groups excluding carboxylic acids is 1. The smallest absolute Gasteiger partial charge is 0.416 e. The number of furan rings is 1. The van der Waals surface area contributed by atoms with Crippen molar-refractivity contribution >= 4 is 35.0 Å². The maximum Gasteiger partial charge on any atom is 0.416 e. The van der Waals surface area contributed by atoms with Crippen molar-refractivity contribution in [2.75, 3.05) is 11.1 Å². The van der Waals surface area contributed by atoms with Crippen molar-refractivity contribution in [2.24, 2.45) is 0 Å². The fourth-order valence-corrected chi connectivity index (χ4v) is 3.58. The number of hydrogen-bond donors (Lipinski definition) is 1. The molecule has 2 heterocycles. The second kappa shape index (κ2) is 8.50. The minimum Gasteiger partial charge on any atom is -0.469 e. The van der Waals surface area contributed by atoms with Gasteiger partial charge in [-0.15, -0.1) is 10.2 Å². The van der Waals surface area contributed by atoms with Crippen LogP contribution in [-0.4, -0.2) is 26.4 Å². The Bertz CT molecular complexity index is 1030. The molecule has 11 heteroatoms. The number of anilines is 1. The van der Waals surface area contributed by atoms with Gasteiger partial charge in [0.15, 0.2) is 11.0 Å². The van der Waals surface area contributed by atoms with Gasteiger partial charge in [0.05, 0.1) is 33.9 Å². The number of alkyl halides is 3. The number of amides is 1. The summed E-state index contributed by atoms with van der Waals surface area (Å²) in [4.78, 5) is 12.2. The number of carbonyl (C=O) groups is 1. The lowest BCUT2D eigenvalue weighted by atomic mass is 10.2. The van der Waals surface area contributed by atoms with Crippen molar-refractivity contribution in [3.63, 3.8) is 0 Å². The highest BCUT2D eigenvalue weighted by Gasteiger charge is 2.31. The highest BCUT2D eigenvalue weighted by atomic mass is 35.5. The predicted molar refractivity (Wildman–Crippen MR) is 104 cm³/mol. The van der Waals surface area contributed by atoms with Crippen molar-refractivity contribution in [1.29, 1.82) is 0 Å². The number of hydrogen-bond acceptors (Lipinski definition) is 5. The van der Waals surface area contributed by atoms with Crippen LogP contribution >= 0.6 is 23.4 Å². The van der Waals surface area contributed by atoms with Crippen LogP contribution in [0.5, 0.6) is 0 Å². The van der Waals surface area contributed by atoms with E-state index in [0.717, 1.165) is 35.5 Å². The molecule has 3 rings (SSSR count). The van der Waals surface area contributed by atoms with E-state index in [9.17, 15) is 18.0 Å². The van der Waals surface area contributed by atoms with Gasteiger partial charge in [-0.25, -0.2) is 0 Å². The summed E-state index contributed by atoms with van der Waals surface area (Å²) in [7, 11) is 0. The third-order valence-electron chi connectivity index (χ3n) is 4.03. The lowest BCUT2D eigenvalue weighted by Gasteiger charge is -2.11. The van der Waals surface area contributed by atoms with E-state index in [1.54, 1.807) is 12.3 Å². The number of nitrogens with zero attached hydrogens (tertiary/aromatic N) is 3. The quantitative estimate of drug-likeness (QED) is 0.524. The molecular weight excluding hydrogens is 429 g/mol. The molecule has 1 amide bonds. The van der Waals surface area contributed by atoms with Crippen molar-refractivity contribution < 1.29 is 22.4 Å². The van der Waals surface area contributed by atoms with Crippen LogP contribution in [0.3, 0.4) is 0 Å². The average Bonchev–Trinajstić information content (AvgIpc) is 3.25. The molecule has 1 aromatic carbocycles. The molecule has 6 nitrogen and oxygen atoms in total. The molecular formula is C18H16ClF3N4O2S. The van der Waals surface area contributed by atoms with Gasteiger partial charge in [0.25, 0.3) is 0 Å². The van der Waals surface area contributed by atoms with E-state index in [2.05, 4.69) is 15.5 Å². The van der Waals surface area contributed by atoms with Crippen LogP contribution in [0.2, 0.25) is 5.02 Å². The number of rotatable bonds is 6. The van der Waals surface area contributed by atoms with Crippen molar-refractivity contribution in [1.82, 2.24) is 14.8 Å². The van der Waals surface area contributed by atoms with E-state index in [4.69, 9.17) is 16.0 Å². The van der Waals surface area contributed by atoms with E-state index in [1.165, 1.54) is 0 Å². The second-order valence-corrected chi connectivity index (χ2v) is 7.32. The van der Waals surface area contributed by atoms with E-state index in [0.29, 0.717) is 23.3 Å². The molecule has 3 aromatic rings. The lowest BCUT2D eigenvalue weighted by Crippen LogP contribution is -2.16. The number of nitrogens with one attached hydrogen (secondary N) is 1. The number of thioether (sulfide) groups is 1. The molecule has 0 bridgehead atoms. The van der Waals surface area contributed by atoms with E-state index in [-0.39, 0.29) is 16.5 Å². The molecule has 154 valence electrons. The Hall–Kier alpha value is -2.46. The van der Waals surface area contributed by atoms with Crippen molar-refractivity contribution in [3.8, 4) is 11.4 Å². The molecule has 0 radical (unpaired) electrons. The summed E-state index contributed by atoms with van der Waals surface area (Å²) in [5, 5.41) is 11.2. The maximum atomic E-state index is 12.9. The van der Waals surface area contributed by atoms with Crippen LogP contribution in [0.25, 0.3) is 11.4 Å². The SMILES string of the molecule is CCn1c(SCC(=O)Nc2cc(C(F)(F)F)ccc2Cl)nnc1-c1ccoc1C. The van der Waals surface area contributed by atoms with E-state index < -0.39 is 17.6 Å². The van der Waals surface area contributed by atoms with E-state index >= 15 is 0 Å². The Kier molecular flexibility index (Phi) is 6.23. The lowest BCUT2D eigenvalue weighted by molar-refractivity contribution is -0.137. The van der Waals surface area contributed by atoms with Crippen molar-refractivity contribution in [3.05, 3.63) is 46.9 Å². The highest BCUT2D eigenvalue weighted by Crippen LogP contribution is 2.34. The monoisotopic (exact) mass is 444 g/mol. The van der Waals surface area contributed by atoms with Crippen LogP contribution in [0.4, 0.5) is 18.9 Å². The summed E-state index contributed by atoms with van der Waals surface area (Å²) in [6, 6.07) is 4.54. The van der Waals surface area contributed by atoms with Gasteiger partial charge in [0.1, 0.15) is 5.76 Å². The first-order chi connectivity index (χ1) is 13.7. The van der Waals surface area contributed by atoms with E-state index in [1.807, 2.05) is 18.4 Å². The number of aryl methyl sites for hydroxylation is 1. The first-order valence-corrected chi connectivity index (χ1v) is 9.84. The Balaban J connectivity index is 1.71. The van der Waals surface area contributed by atoms with Gasteiger partial charge >= 0.3 is 6.18 Å². The summed E-state index contributed by atoms with van der Waals surface area (Å²) in [5.74, 6) is 0.723. The minimum absolute atomic E-state index is 0.0193. The number of halogens is 4. The Labute approximate surface area is 173 Å².